The van der Waals surface area contributed by atoms with Crippen molar-refractivity contribution in [1.29, 1.82) is 0 Å². The highest BCUT2D eigenvalue weighted by Crippen LogP contribution is 2.32. The summed E-state index contributed by atoms with van der Waals surface area (Å²) in [6.07, 6.45) is 1.65. The summed E-state index contributed by atoms with van der Waals surface area (Å²) >= 11 is 7.56. The summed E-state index contributed by atoms with van der Waals surface area (Å²) in [5, 5.41) is 5.45. The van der Waals surface area contributed by atoms with Gasteiger partial charge in [0.1, 0.15) is 4.90 Å². The predicted octanol–water partition coefficient (Wildman–Crippen LogP) is 5.14. The van der Waals surface area contributed by atoms with Crippen LogP contribution in [0.1, 0.15) is 23.2 Å². The molecule has 6 nitrogen and oxygen atoms in total. The molecular formula is C22H18ClN3O3S2. The number of thiazole rings is 1. The summed E-state index contributed by atoms with van der Waals surface area (Å²) in [4.78, 5) is 17.4. The zero-order valence-corrected chi connectivity index (χ0v) is 18.7. The van der Waals surface area contributed by atoms with E-state index in [9.17, 15) is 13.2 Å². The topological polar surface area (TPSA) is 79.4 Å². The molecule has 9 heteroatoms. The van der Waals surface area contributed by atoms with Gasteiger partial charge in [-0.1, -0.05) is 53.3 Å². The van der Waals surface area contributed by atoms with Crippen LogP contribution in [0, 0.1) is 0 Å². The van der Waals surface area contributed by atoms with Gasteiger partial charge in [0.15, 0.2) is 5.13 Å². The number of anilines is 1. The number of amides is 1. The first-order valence-electron chi connectivity index (χ1n) is 9.83. The normalized spacial score (nSPS) is 15.0. The molecule has 1 amide bonds. The number of carbonyl (C=O) groups excluding carboxylic acids is 1. The van der Waals surface area contributed by atoms with Crippen LogP contribution in [0.25, 0.3) is 21.0 Å². The summed E-state index contributed by atoms with van der Waals surface area (Å²) in [5.74, 6) is -0.432. The average molecular weight is 472 g/mol. The fourth-order valence-electron chi connectivity index (χ4n) is 3.79. The monoisotopic (exact) mass is 471 g/mol. The smallest absolute Gasteiger partial charge is 0.257 e. The van der Waals surface area contributed by atoms with E-state index in [0.717, 1.165) is 33.8 Å². The minimum absolute atomic E-state index is 0.0426. The highest BCUT2D eigenvalue weighted by atomic mass is 35.5. The SMILES string of the molecule is O=C(Nc1nc2c(ccc3ccccc32)s1)c1ccc(Cl)c(S(=O)(=O)N2CCCC2)c1. The Kier molecular flexibility index (Phi) is 5.18. The largest absolute Gasteiger partial charge is 0.298 e. The number of carbonyl (C=O) groups is 1. The van der Waals surface area contributed by atoms with Crippen molar-refractivity contribution in [2.45, 2.75) is 17.7 Å². The van der Waals surface area contributed by atoms with Crippen molar-refractivity contribution in [1.82, 2.24) is 9.29 Å². The van der Waals surface area contributed by atoms with E-state index in [0.29, 0.717) is 18.2 Å². The van der Waals surface area contributed by atoms with Crippen LogP contribution in [0.4, 0.5) is 5.13 Å². The third-order valence-electron chi connectivity index (χ3n) is 5.38. The van der Waals surface area contributed by atoms with Crippen LogP contribution in [0.5, 0.6) is 0 Å². The van der Waals surface area contributed by atoms with E-state index >= 15 is 0 Å². The number of aromatic nitrogens is 1. The lowest BCUT2D eigenvalue weighted by Crippen LogP contribution is -2.28. The Balaban J connectivity index is 1.46. The minimum atomic E-state index is -3.73. The van der Waals surface area contributed by atoms with Crippen LogP contribution < -0.4 is 5.32 Å². The second-order valence-electron chi connectivity index (χ2n) is 7.36. The van der Waals surface area contributed by atoms with E-state index in [1.165, 1.54) is 33.8 Å². The number of nitrogens with zero attached hydrogens (tertiary/aromatic N) is 2. The number of nitrogens with one attached hydrogen (secondary N) is 1. The zero-order valence-electron chi connectivity index (χ0n) is 16.3. The van der Waals surface area contributed by atoms with Gasteiger partial charge in [-0.25, -0.2) is 13.4 Å². The first-order valence-corrected chi connectivity index (χ1v) is 12.5. The molecule has 4 aromatic rings. The van der Waals surface area contributed by atoms with Crippen molar-refractivity contribution in [3.05, 3.63) is 65.2 Å². The summed E-state index contributed by atoms with van der Waals surface area (Å²) in [6.45, 7) is 0.934. The van der Waals surface area contributed by atoms with Gasteiger partial charge < -0.3 is 0 Å². The van der Waals surface area contributed by atoms with E-state index in [2.05, 4.69) is 10.3 Å². The molecule has 1 aromatic heterocycles. The summed E-state index contributed by atoms with van der Waals surface area (Å²) < 4.78 is 28.2. The molecule has 0 unspecified atom stereocenters. The molecule has 0 bridgehead atoms. The van der Waals surface area contributed by atoms with E-state index in [4.69, 9.17) is 11.6 Å². The molecule has 0 saturated carbocycles. The second-order valence-corrected chi connectivity index (χ2v) is 10.7. The molecule has 1 saturated heterocycles. The lowest BCUT2D eigenvalue weighted by Gasteiger charge is -2.17. The molecule has 2 heterocycles. The molecule has 31 heavy (non-hydrogen) atoms. The number of rotatable bonds is 4. The third kappa shape index (κ3) is 3.70. The lowest BCUT2D eigenvalue weighted by molar-refractivity contribution is 0.102. The Hall–Kier alpha value is -2.52. The van der Waals surface area contributed by atoms with Gasteiger partial charge in [-0.2, -0.15) is 4.31 Å². The number of sulfonamides is 1. The first kappa shape index (κ1) is 20.4. The van der Waals surface area contributed by atoms with Gasteiger partial charge in [-0.15, -0.1) is 0 Å². The Morgan fingerprint density at radius 3 is 2.65 bits per heavy atom. The van der Waals surface area contributed by atoms with Crippen molar-refractivity contribution >= 4 is 65.0 Å². The fourth-order valence-corrected chi connectivity index (χ4v) is 6.69. The van der Waals surface area contributed by atoms with Gasteiger partial charge in [0.25, 0.3) is 5.91 Å². The number of benzene rings is 3. The molecule has 1 aliphatic rings. The van der Waals surface area contributed by atoms with Crippen molar-refractivity contribution in [2.75, 3.05) is 18.4 Å². The number of halogens is 1. The maximum absolute atomic E-state index is 12.9. The maximum atomic E-state index is 12.9. The summed E-state index contributed by atoms with van der Waals surface area (Å²) in [7, 11) is -3.73. The number of hydrogen-bond acceptors (Lipinski definition) is 5. The van der Waals surface area contributed by atoms with Crippen molar-refractivity contribution in [3.63, 3.8) is 0 Å². The molecule has 0 atom stereocenters. The zero-order chi connectivity index (χ0) is 21.6. The molecule has 1 aliphatic heterocycles. The first-order chi connectivity index (χ1) is 14.9. The Labute approximate surface area is 188 Å². The highest BCUT2D eigenvalue weighted by molar-refractivity contribution is 7.89. The van der Waals surface area contributed by atoms with Gasteiger partial charge in [0.05, 0.1) is 15.2 Å². The van der Waals surface area contributed by atoms with E-state index in [-0.39, 0.29) is 15.5 Å². The molecular weight excluding hydrogens is 454 g/mol. The van der Waals surface area contributed by atoms with Crippen LogP contribution in [0.2, 0.25) is 5.02 Å². The van der Waals surface area contributed by atoms with Crippen molar-refractivity contribution in [3.8, 4) is 0 Å². The average Bonchev–Trinajstić information content (AvgIpc) is 3.44. The molecule has 1 fully saturated rings. The van der Waals surface area contributed by atoms with Gasteiger partial charge in [-0.05, 0) is 42.5 Å². The fraction of sp³-hybridized carbons (Fsp3) is 0.182. The van der Waals surface area contributed by atoms with E-state index in [1.54, 1.807) is 0 Å². The third-order valence-corrected chi connectivity index (χ3v) is 8.70. The molecule has 158 valence electrons. The van der Waals surface area contributed by atoms with Crippen molar-refractivity contribution in [2.24, 2.45) is 0 Å². The Morgan fingerprint density at radius 2 is 1.84 bits per heavy atom. The Morgan fingerprint density at radius 1 is 1.06 bits per heavy atom. The second kappa shape index (κ2) is 7.87. The lowest BCUT2D eigenvalue weighted by atomic mass is 10.1. The minimum Gasteiger partial charge on any atom is -0.298 e. The van der Waals surface area contributed by atoms with Crippen LogP contribution in [0.15, 0.2) is 59.5 Å². The summed E-state index contributed by atoms with van der Waals surface area (Å²) in [6, 6.07) is 16.2. The van der Waals surface area contributed by atoms with Gasteiger partial charge >= 0.3 is 0 Å². The summed E-state index contributed by atoms with van der Waals surface area (Å²) in [5.41, 5.74) is 1.04. The van der Waals surface area contributed by atoms with E-state index in [1.807, 2.05) is 36.4 Å². The maximum Gasteiger partial charge on any atom is 0.257 e. The van der Waals surface area contributed by atoms with Crippen LogP contribution in [-0.2, 0) is 10.0 Å². The standard InChI is InChI=1S/C22H18ClN3O3S2/c23-17-9-7-15(13-19(17)31(28,29)26-11-3-4-12-26)21(27)25-22-24-20-16-6-2-1-5-14(16)8-10-18(20)30-22/h1-2,5-10,13H,3-4,11-12H2,(H,24,25,27). The Bertz CT molecular complexity index is 1430. The molecule has 1 N–H and O–H groups in total. The van der Waals surface area contributed by atoms with Crippen LogP contribution in [0.3, 0.4) is 0 Å². The van der Waals surface area contributed by atoms with E-state index < -0.39 is 15.9 Å². The van der Waals surface area contributed by atoms with Gasteiger partial charge in [-0.3, -0.25) is 10.1 Å². The van der Waals surface area contributed by atoms with Gasteiger partial charge in [0, 0.05) is 24.0 Å². The quantitative estimate of drug-likeness (QED) is 0.447. The molecule has 3 aromatic carbocycles. The molecule has 0 radical (unpaired) electrons. The highest BCUT2D eigenvalue weighted by Gasteiger charge is 2.29. The van der Waals surface area contributed by atoms with Gasteiger partial charge in [0.2, 0.25) is 10.0 Å². The van der Waals surface area contributed by atoms with Crippen LogP contribution >= 0.6 is 22.9 Å². The van der Waals surface area contributed by atoms with Crippen molar-refractivity contribution < 1.29 is 13.2 Å². The molecule has 0 spiro atoms. The number of fused-ring (bicyclic) bond motifs is 3. The van der Waals surface area contributed by atoms with Crippen LogP contribution in [-0.4, -0.2) is 36.7 Å². The predicted molar refractivity (Wildman–Crippen MR) is 125 cm³/mol. The molecule has 0 aliphatic carbocycles. The number of hydrogen-bond donors (Lipinski definition) is 1. The molecule has 5 rings (SSSR count).